The van der Waals surface area contributed by atoms with Crippen molar-refractivity contribution < 1.29 is 22.7 Å². The van der Waals surface area contributed by atoms with Crippen molar-refractivity contribution in [3.8, 4) is 0 Å². The number of carboxylic acid groups (broad SMARTS) is 1. The van der Waals surface area contributed by atoms with E-state index in [1.807, 2.05) is 0 Å². The van der Waals surface area contributed by atoms with Crippen molar-refractivity contribution in [2.24, 2.45) is 0 Å². The van der Waals surface area contributed by atoms with Gasteiger partial charge < -0.3 is 5.11 Å². The average Bonchev–Trinajstić information content (AvgIpc) is 2.28. The molecule has 106 valence electrons. The summed E-state index contributed by atoms with van der Waals surface area (Å²) < 4.78 is 38.7. The van der Waals surface area contributed by atoms with Crippen molar-refractivity contribution >= 4 is 16.0 Å². The van der Waals surface area contributed by atoms with Crippen LogP contribution < -0.4 is 0 Å². The van der Waals surface area contributed by atoms with Crippen LogP contribution in [0.2, 0.25) is 0 Å². The number of aryl methyl sites for hydroxylation is 1. The first-order valence-corrected chi connectivity index (χ1v) is 7.21. The van der Waals surface area contributed by atoms with E-state index in [9.17, 15) is 17.6 Å². The second kappa shape index (κ2) is 6.12. The lowest BCUT2D eigenvalue weighted by Gasteiger charge is -2.20. The molecule has 0 aliphatic carbocycles. The molecule has 0 saturated carbocycles. The zero-order chi connectivity index (χ0) is 14.6. The van der Waals surface area contributed by atoms with Gasteiger partial charge in [-0.05, 0) is 30.7 Å². The van der Waals surface area contributed by atoms with Gasteiger partial charge in [0.25, 0.3) is 0 Å². The first kappa shape index (κ1) is 15.6. The van der Waals surface area contributed by atoms with Crippen molar-refractivity contribution in [1.29, 1.82) is 0 Å². The van der Waals surface area contributed by atoms with E-state index in [1.54, 1.807) is 6.92 Å². The molecule has 19 heavy (non-hydrogen) atoms. The fraction of sp³-hybridized carbons (Fsp3) is 0.417. The smallest absolute Gasteiger partial charge is 0.304 e. The van der Waals surface area contributed by atoms with Crippen LogP contribution in [0, 0.1) is 12.7 Å². The first-order chi connectivity index (χ1) is 8.78. The predicted molar refractivity (Wildman–Crippen MR) is 67.8 cm³/mol. The second-order valence-corrected chi connectivity index (χ2v) is 5.96. The number of carbonyl (C=O) groups is 1. The first-order valence-electron chi connectivity index (χ1n) is 5.77. The number of halogens is 1. The standard InChI is InChI=1S/C12H16FNO4S/c1-3-14(7-6-12(15)16)19(17,18)11-5-4-10(13)8-9(11)2/h4-5,8H,3,6-7H2,1-2H3,(H,15,16). The lowest BCUT2D eigenvalue weighted by Crippen LogP contribution is -2.33. The number of nitrogens with zero attached hydrogens (tertiary/aromatic N) is 1. The van der Waals surface area contributed by atoms with Gasteiger partial charge in [0.2, 0.25) is 10.0 Å². The maximum absolute atomic E-state index is 13.0. The van der Waals surface area contributed by atoms with Gasteiger partial charge in [0.1, 0.15) is 5.82 Å². The molecule has 5 nitrogen and oxygen atoms in total. The van der Waals surface area contributed by atoms with Gasteiger partial charge in [-0.3, -0.25) is 4.79 Å². The molecule has 0 bridgehead atoms. The maximum Gasteiger partial charge on any atom is 0.304 e. The lowest BCUT2D eigenvalue weighted by molar-refractivity contribution is -0.137. The van der Waals surface area contributed by atoms with Crippen molar-refractivity contribution in [3.05, 3.63) is 29.6 Å². The highest BCUT2D eigenvalue weighted by Crippen LogP contribution is 2.20. The number of aliphatic carboxylic acids is 1. The number of rotatable bonds is 6. The minimum absolute atomic E-state index is 0.00105. The van der Waals surface area contributed by atoms with Crippen LogP contribution in [0.3, 0.4) is 0 Å². The Morgan fingerprint density at radius 1 is 1.42 bits per heavy atom. The highest BCUT2D eigenvalue weighted by Gasteiger charge is 2.25. The molecule has 0 radical (unpaired) electrons. The maximum atomic E-state index is 13.0. The molecule has 0 aromatic heterocycles. The van der Waals surface area contributed by atoms with Gasteiger partial charge in [0.15, 0.2) is 0 Å². The molecule has 7 heteroatoms. The van der Waals surface area contributed by atoms with Gasteiger partial charge in [-0.2, -0.15) is 4.31 Å². The van der Waals surface area contributed by atoms with Crippen LogP contribution in [0.1, 0.15) is 18.9 Å². The number of hydrogen-bond acceptors (Lipinski definition) is 3. The van der Waals surface area contributed by atoms with Gasteiger partial charge in [-0.25, -0.2) is 12.8 Å². The van der Waals surface area contributed by atoms with Crippen LogP contribution in [0.25, 0.3) is 0 Å². The lowest BCUT2D eigenvalue weighted by atomic mass is 10.2. The summed E-state index contributed by atoms with van der Waals surface area (Å²) in [5, 5.41) is 8.61. The Kier molecular flexibility index (Phi) is 5.02. The van der Waals surface area contributed by atoms with Crippen LogP contribution in [-0.2, 0) is 14.8 Å². The van der Waals surface area contributed by atoms with E-state index in [2.05, 4.69) is 0 Å². The molecule has 0 fully saturated rings. The molecule has 0 unspecified atom stereocenters. The van der Waals surface area contributed by atoms with Crippen LogP contribution >= 0.6 is 0 Å². The zero-order valence-electron chi connectivity index (χ0n) is 10.8. The minimum Gasteiger partial charge on any atom is -0.481 e. The summed E-state index contributed by atoms with van der Waals surface area (Å²) >= 11 is 0. The normalized spacial score (nSPS) is 11.8. The number of sulfonamides is 1. The molecule has 1 N–H and O–H groups in total. The van der Waals surface area contributed by atoms with Crippen LogP contribution in [0.5, 0.6) is 0 Å². The third kappa shape index (κ3) is 3.74. The minimum atomic E-state index is -3.79. The molecule has 0 amide bonds. The topological polar surface area (TPSA) is 74.7 Å². The number of benzene rings is 1. The van der Waals surface area contributed by atoms with Crippen molar-refractivity contribution in [2.45, 2.75) is 25.2 Å². The molecule has 0 heterocycles. The van der Waals surface area contributed by atoms with Gasteiger partial charge in [0.05, 0.1) is 11.3 Å². The summed E-state index contributed by atoms with van der Waals surface area (Å²) in [4.78, 5) is 10.5. The van der Waals surface area contributed by atoms with E-state index in [4.69, 9.17) is 5.11 Å². The monoisotopic (exact) mass is 289 g/mol. The third-order valence-electron chi connectivity index (χ3n) is 2.68. The molecule has 0 aliphatic rings. The summed E-state index contributed by atoms with van der Waals surface area (Å²) in [7, 11) is -3.79. The molecular weight excluding hydrogens is 273 g/mol. The van der Waals surface area contributed by atoms with E-state index in [0.29, 0.717) is 5.56 Å². The Balaban J connectivity index is 3.09. The number of hydrogen-bond donors (Lipinski definition) is 1. The molecule has 0 spiro atoms. The van der Waals surface area contributed by atoms with E-state index in [0.717, 1.165) is 16.4 Å². The van der Waals surface area contributed by atoms with Gasteiger partial charge in [0, 0.05) is 13.1 Å². The van der Waals surface area contributed by atoms with E-state index in [-0.39, 0.29) is 24.4 Å². The van der Waals surface area contributed by atoms with Crippen LogP contribution in [0.4, 0.5) is 4.39 Å². The Bertz CT molecular complexity index is 571. The summed E-state index contributed by atoms with van der Waals surface area (Å²) in [6.07, 6.45) is -0.271. The zero-order valence-corrected chi connectivity index (χ0v) is 11.6. The summed E-state index contributed by atoms with van der Waals surface area (Å²) in [6.45, 7) is 3.18. The van der Waals surface area contributed by atoms with Crippen molar-refractivity contribution in [3.63, 3.8) is 0 Å². The van der Waals surface area contributed by atoms with E-state index in [1.165, 1.54) is 13.0 Å². The Morgan fingerprint density at radius 3 is 2.53 bits per heavy atom. The van der Waals surface area contributed by atoms with E-state index < -0.39 is 21.8 Å². The largest absolute Gasteiger partial charge is 0.481 e. The molecule has 0 aliphatic heterocycles. The molecule has 1 aromatic carbocycles. The summed E-state index contributed by atoms with van der Waals surface area (Å²) in [6, 6.07) is 3.41. The summed E-state index contributed by atoms with van der Waals surface area (Å²) in [5.41, 5.74) is 0.300. The molecule has 0 saturated heterocycles. The Hall–Kier alpha value is -1.47. The van der Waals surface area contributed by atoms with Crippen molar-refractivity contribution in [1.82, 2.24) is 4.31 Å². The Labute approximate surface area is 111 Å². The molecular formula is C12H16FNO4S. The SMILES string of the molecule is CCN(CCC(=O)O)S(=O)(=O)c1ccc(F)cc1C. The van der Waals surface area contributed by atoms with Gasteiger partial charge in [-0.1, -0.05) is 6.92 Å². The van der Waals surface area contributed by atoms with E-state index >= 15 is 0 Å². The number of carboxylic acids is 1. The van der Waals surface area contributed by atoms with Crippen LogP contribution in [-0.4, -0.2) is 36.9 Å². The quantitative estimate of drug-likeness (QED) is 0.863. The van der Waals surface area contributed by atoms with Gasteiger partial charge in [-0.15, -0.1) is 0 Å². The highest BCUT2D eigenvalue weighted by molar-refractivity contribution is 7.89. The second-order valence-electron chi connectivity index (χ2n) is 4.05. The molecule has 1 rings (SSSR count). The predicted octanol–water partition coefficient (Wildman–Crippen LogP) is 1.62. The van der Waals surface area contributed by atoms with Crippen LogP contribution in [0.15, 0.2) is 23.1 Å². The molecule has 0 atom stereocenters. The fourth-order valence-electron chi connectivity index (χ4n) is 1.71. The Morgan fingerprint density at radius 2 is 2.05 bits per heavy atom. The fourth-order valence-corrected chi connectivity index (χ4v) is 3.37. The third-order valence-corrected chi connectivity index (χ3v) is 4.82. The highest BCUT2D eigenvalue weighted by atomic mass is 32.2. The summed E-state index contributed by atoms with van der Waals surface area (Å²) in [5.74, 6) is -1.57. The van der Waals surface area contributed by atoms with Gasteiger partial charge >= 0.3 is 5.97 Å². The average molecular weight is 289 g/mol. The van der Waals surface area contributed by atoms with Crippen molar-refractivity contribution in [2.75, 3.05) is 13.1 Å². The molecule has 1 aromatic rings.